The Morgan fingerprint density at radius 3 is 3.07 bits per heavy atom. The van der Waals surface area contributed by atoms with Crippen LogP contribution < -0.4 is 11.2 Å². The van der Waals surface area contributed by atoms with Gasteiger partial charge < -0.3 is 15.2 Å². The predicted molar refractivity (Wildman–Crippen MR) is 51.8 cm³/mol. The zero-order chi connectivity index (χ0) is 10.1. The summed E-state index contributed by atoms with van der Waals surface area (Å²) in [6.45, 7) is 0. The van der Waals surface area contributed by atoms with Crippen LogP contribution in [0.1, 0.15) is 0 Å². The molecule has 0 bridgehead atoms. The first-order chi connectivity index (χ1) is 6.70. The van der Waals surface area contributed by atoms with E-state index in [9.17, 15) is 4.91 Å². The van der Waals surface area contributed by atoms with Crippen molar-refractivity contribution in [2.45, 2.75) is 0 Å². The maximum Gasteiger partial charge on any atom is 0.517 e. The summed E-state index contributed by atoms with van der Waals surface area (Å²) in [6.07, 6.45) is 0. The van der Waals surface area contributed by atoms with Crippen LogP contribution in [0.2, 0.25) is 0 Å². The van der Waals surface area contributed by atoms with Gasteiger partial charge in [-0.05, 0) is 17.6 Å². The zero-order valence-electron chi connectivity index (χ0n) is 7.04. The third kappa shape index (κ3) is 1.33. The summed E-state index contributed by atoms with van der Waals surface area (Å²) in [5, 5.41) is 11.6. The van der Waals surface area contributed by atoms with Crippen LogP contribution in [0.15, 0.2) is 27.7 Å². The van der Waals surface area contributed by atoms with Crippen molar-refractivity contribution in [2.75, 3.05) is 5.73 Å². The van der Waals surface area contributed by atoms with Crippen LogP contribution in [0, 0.1) is 4.91 Å². The number of nitrogens with zero attached hydrogens (tertiary/aromatic N) is 2. The first kappa shape index (κ1) is 8.70. The number of benzene rings is 1. The van der Waals surface area contributed by atoms with Crippen LogP contribution >= 0.6 is 0 Å². The van der Waals surface area contributed by atoms with Crippen LogP contribution in [-0.4, -0.2) is 17.1 Å². The van der Waals surface area contributed by atoms with Gasteiger partial charge in [-0.2, -0.15) is 9.89 Å². The van der Waals surface area contributed by atoms with Gasteiger partial charge in [-0.15, -0.1) is 0 Å². The van der Waals surface area contributed by atoms with Crippen LogP contribution in [0.25, 0.3) is 11.1 Å². The van der Waals surface area contributed by atoms with E-state index in [1.807, 2.05) is 0 Å². The fourth-order valence-corrected chi connectivity index (χ4v) is 1.18. The Bertz CT molecular complexity index is 484. The van der Waals surface area contributed by atoms with Crippen molar-refractivity contribution in [2.24, 2.45) is 5.09 Å². The molecule has 2 rings (SSSR count). The first-order valence-corrected chi connectivity index (χ1v) is 3.87. The van der Waals surface area contributed by atoms with E-state index in [1.54, 1.807) is 6.07 Å². The summed E-state index contributed by atoms with van der Waals surface area (Å²) < 4.78 is 5.01. The average molecular weight is 191 g/mol. The molecule has 0 atom stereocenters. The maximum absolute atomic E-state index is 10.1. The van der Waals surface area contributed by atoms with Gasteiger partial charge in [0.15, 0.2) is 5.58 Å². The van der Waals surface area contributed by atoms with Crippen LogP contribution in [0.5, 0.6) is 0 Å². The minimum absolute atomic E-state index is 0.0469. The van der Waals surface area contributed by atoms with Crippen molar-refractivity contribution in [1.82, 2.24) is 4.98 Å². The van der Waals surface area contributed by atoms with E-state index in [0.29, 0.717) is 16.6 Å². The number of oxazole rings is 1. The molecule has 0 aliphatic heterocycles. The third-order valence-electron chi connectivity index (χ3n) is 1.83. The van der Waals surface area contributed by atoms with Crippen molar-refractivity contribution in [3.63, 3.8) is 0 Å². The van der Waals surface area contributed by atoms with Gasteiger partial charge in [0.2, 0.25) is 0 Å². The number of anilines is 1. The fourth-order valence-electron chi connectivity index (χ4n) is 1.18. The van der Waals surface area contributed by atoms with Crippen LogP contribution in [-0.2, 0) is 0 Å². The van der Waals surface area contributed by atoms with Gasteiger partial charge in [-0.25, -0.2) is 0 Å². The highest BCUT2D eigenvalue weighted by atomic mass is 16.4. The van der Waals surface area contributed by atoms with Gasteiger partial charge in [0, 0.05) is 0 Å². The molecule has 0 saturated carbocycles. The highest BCUT2D eigenvalue weighted by molar-refractivity contribution is 6.64. The second-order valence-corrected chi connectivity index (χ2v) is 2.76. The first-order valence-electron chi connectivity index (χ1n) is 3.87. The molecule has 7 heteroatoms. The van der Waals surface area contributed by atoms with E-state index in [4.69, 9.17) is 15.2 Å². The molecule has 0 aliphatic carbocycles. The monoisotopic (exact) mass is 191 g/mol. The SMILES string of the molecule is Nc1nc2cc(B(O)N=O)ccc2o1. The van der Waals surface area contributed by atoms with Gasteiger partial charge in [0.05, 0.1) is 0 Å². The molecular formula is C7H6BN3O3. The summed E-state index contributed by atoms with van der Waals surface area (Å²) in [5.41, 5.74) is 6.68. The Morgan fingerprint density at radius 1 is 1.57 bits per heavy atom. The topological polar surface area (TPSA) is 102 Å². The van der Waals surface area contributed by atoms with Crippen molar-refractivity contribution in [3.05, 3.63) is 23.1 Å². The molecule has 2 aromatic rings. The quantitative estimate of drug-likeness (QED) is 0.508. The lowest BCUT2D eigenvalue weighted by atomic mass is 9.76. The van der Waals surface area contributed by atoms with E-state index in [-0.39, 0.29) is 6.01 Å². The van der Waals surface area contributed by atoms with E-state index in [1.165, 1.54) is 12.1 Å². The molecule has 0 spiro atoms. The smallest absolute Gasteiger partial charge is 0.425 e. The molecule has 0 fully saturated rings. The largest absolute Gasteiger partial charge is 0.517 e. The number of fused-ring (bicyclic) bond motifs is 1. The number of nitroso groups, excluding NO2 is 1. The Kier molecular flexibility index (Phi) is 1.93. The Hall–Kier alpha value is -1.89. The van der Waals surface area contributed by atoms with Crippen molar-refractivity contribution in [1.29, 1.82) is 0 Å². The molecule has 3 N–H and O–H groups in total. The molecule has 0 saturated heterocycles. The molecule has 70 valence electrons. The van der Waals surface area contributed by atoms with Gasteiger partial charge in [0.1, 0.15) is 5.52 Å². The number of aromatic nitrogens is 1. The molecule has 1 heterocycles. The summed E-state index contributed by atoms with van der Waals surface area (Å²) >= 11 is 0. The fraction of sp³-hybridized carbons (Fsp3) is 0. The number of nitrogens with two attached hydrogens (primary N) is 1. The zero-order valence-corrected chi connectivity index (χ0v) is 7.04. The summed E-state index contributed by atoms with van der Waals surface area (Å²) in [4.78, 5) is 13.9. The van der Waals surface area contributed by atoms with Crippen LogP contribution in [0.4, 0.5) is 6.01 Å². The molecule has 1 aromatic carbocycles. The highest BCUT2D eigenvalue weighted by Gasteiger charge is 2.17. The maximum atomic E-state index is 10.1. The lowest BCUT2D eigenvalue weighted by molar-refractivity contribution is 0.587. The lowest BCUT2D eigenvalue weighted by Crippen LogP contribution is -2.27. The number of nitrogen functional groups attached to an aromatic ring is 1. The molecule has 0 radical (unpaired) electrons. The molecule has 14 heavy (non-hydrogen) atoms. The van der Waals surface area contributed by atoms with Gasteiger partial charge >= 0.3 is 7.05 Å². The van der Waals surface area contributed by atoms with Crippen molar-refractivity contribution >= 4 is 29.6 Å². The normalized spacial score (nSPS) is 10.4. The van der Waals surface area contributed by atoms with Crippen molar-refractivity contribution < 1.29 is 9.44 Å². The number of hydrogen-bond donors (Lipinski definition) is 2. The Labute approximate surface area is 78.8 Å². The van der Waals surface area contributed by atoms with E-state index < -0.39 is 7.05 Å². The van der Waals surface area contributed by atoms with Gasteiger partial charge in [0.25, 0.3) is 6.01 Å². The van der Waals surface area contributed by atoms with Crippen LogP contribution in [0.3, 0.4) is 0 Å². The van der Waals surface area contributed by atoms with Crippen molar-refractivity contribution in [3.8, 4) is 0 Å². The minimum Gasteiger partial charge on any atom is -0.425 e. The summed E-state index contributed by atoms with van der Waals surface area (Å²) in [5.74, 6) is 0. The average Bonchev–Trinajstić information content (AvgIpc) is 2.55. The summed E-state index contributed by atoms with van der Waals surface area (Å²) in [6, 6.07) is 4.65. The van der Waals surface area contributed by atoms with Gasteiger partial charge in [-0.1, -0.05) is 11.2 Å². The number of hydrogen-bond acceptors (Lipinski definition) is 6. The highest BCUT2D eigenvalue weighted by Crippen LogP contribution is 2.14. The third-order valence-corrected chi connectivity index (χ3v) is 1.83. The van der Waals surface area contributed by atoms with E-state index in [2.05, 4.69) is 10.1 Å². The summed E-state index contributed by atoms with van der Waals surface area (Å²) in [7, 11) is -1.38. The molecule has 0 amide bonds. The molecule has 0 unspecified atom stereocenters. The second-order valence-electron chi connectivity index (χ2n) is 2.76. The standard InChI is InChI=1S/C7H6BN3O3/c9-7-10-5-3-4(8(12)11-13)1-2-6(5)14-7/h1-3,12H,(H2,9,10). The van der Waals surface area contributed by atoms with E-state index >= 15 is 0 Å². The Balaban J connectivity index is 2.55. The van der Waals surface area contributed by atoms with Gasteiger partial charge in [-0.3, -0.25) is 0 Å². The predicted octanol–water partition coefficient (Wildman–Crippen LogP) is -0.136. The minimum atomic E-state index is -1.38. The lowest BCUT2D eigenvalue weighted by Gasteiger charge is -1.95. The molecular weight excluding hydrogens is 185 g/mol. The molecule has 6 nitrogen and oxygen atoms in total. The number of rotatable bonds is 2. The van der Waals surface area contributed by atoms with E-state index in [0.717, 1.165) is 0 Å². The molecule has 0 aliphatic rings. The second kappa shape index (κ2) is 3.11. The Morgan fingerprint density at radius 2 is 2.36 bits per heavy atom. The molecule has 1 aromatic heterocycles.